The molecule has 1 aliphatic rings. The molecule has 4 aromatic heterocycles. The fourth-order valence-corrected chi connectivity index (χ4v) is 3.79. The molecule has 1 saturated heterocycles. The molecule has 1 aliphatic heterocycles. The normalized spacial score (nSPS) is 16.5. The zero-order chi connectivity index (χ0) is 20.8. The molecule has 9 nitrogen and oxygen atoms in total. The van der Waals surface area contributed by atoms with Crippen LogP contribution in [0.25, 0.3) is 33.7 Å². The fraction of sp³-hybridized carbons (Fsp3) is 0.286. The van der Waals surface area contributed by atoms with E-state index in [4.69, 9.17) is 4.52 Å². The summed E-state index contributed by atoms with van der Waals surface area (Å²) in [4.78, 5) is 27.8. The highest BCUT2D eigenvalue weighted by molar-refractivity contribution is 5.99. The number of amides is 1. The number of aliphatic hydroxyl groups is 1. The van der Waals surface area contributed by atoms with Crippen molar-refractivity contribution in [2.24, 2.45) is 7.05 Å². The van der Waals surface area contributed by atoms with E-state index in [1.54, 1.807) is 24.2 Å². The molecule has 1 amide bonds. The lowest BCUT2D eigenvalue weighted by Gasteiger charge is -2.15. The van der Waals surface area contributed by atoms with Crippen molar-refractivity contribution in [1.29, 1.82) is 0 Å². The minimum absolute atomic E-state index is 0.0839. The molecule has 0 spiro atoms. The predicted octanol–water partition coefficient (Wildman–Crippen LogP) is 2.20. The van der Waals surface area contributed by atoms with Gasteiger partial charge >= 0.3 is 0 Å². The maximum atomic E-state index is 12.9. The standard InChI is InChI=1S/C21H20N6O3/c1-12-24-20(25-30-12)13-3-5-22-16(7-13)17-8-14-9-18(26(2)19(14)10-23-17)21(29)27-6-4-15(28)11-27/h3,5,7-10,15,28H,4,6,11H2,1-2H3. The van der Waals surface area contributed by atoms with E-state index >= 15 is 0 Å². The Morgan fingerprint density at radius 2 is 2.07 bits per heavy atom. The van der Waals surface area contributed by atoms with Crippen LogP contribution < -0.4 is 0 Å². The number of nitrogens with zero attached hydrogens (tertiary/aromatic N) is 6. The first-order valence-electron chi connectivity index (χ1n) is 9.69. The van der Waals surface area contributed by atoms with E-state index in [0.717, 1.165) is 16.5 Å². The number of hydrogen-bond donors (Lipinski definition) is 1. The summed E-state index contributed by atoms with van der Waals surface area (Å²) in [5.41, 5.74) is 3.58. The van der Waals surface area contributed by atoms with Crippen molar-refractivity contribution in [3.63, 3.8) is 0 Å². The van der Waals surface area contributed by atoms with Gasteiger partial charge in [0, 0.05) is 44.2 Å². The van der Waals surface area contributed by atoms with E-state index < -0.39 is 6.10 Å². The van der Waals surface area contributed by atoms with Crippen LogP contribution in [0.3, 0.4) is 0 Å². The minimum atomic E-state index is -0.446. The summed E-state index contributed by atoms with van der Waals surface area (Å²) in [6.07, 6.45) is 3.59. The lowest BCUT2D eigenvalue weighted by Crippen LogP contribution is -2.30. The highest BCUT2D eigenvalue weighted by atomic mass is 16.5. The van der Waals surface area contributed by atoms with Gasteiger partial charge in [0.1, 0.15) is 5.69 Å². The van der Waals surface area contributed by atoms with Crippen molar-refractivity contribution in [2.75, 3.05) is 13.1 Å². The Bertz CT molecular complexity index is 1260. The third kappa shape index (κ3) is 3.13. The summed E-state index contributed by atoms with van der Waals surface area (Å²) in [6.45, 7) is 2.68. The minimum Gasteiger partial charge on any atom is -0.391 e. The maximum Gasteiger partial charge on any atom is 0.270 e. The van der Waals surface area contributed by atoms with Gasteiger partial charge in [-0.05, 0) is 30.7 Å². The molecule has 5 heterocycles. The van der Waals surface area contributed by atoms with Gasteiger partial charge < -0.3 is 19.1 Å². The monoisotopic (exact) mass is 404 g/mol. The Balaban J connectivity index is 1.51. The van der Waals surface area contributed by atoms with Gasteiger partial charge in [0.05, 0.1) is 29.2 Å². The van der Waals surface area contributed by atoms with Gasteiger partial charge in [-0.1, -0.05) is 5.16 Å². The van der Waals surface area contributed by atoms with Crippen LogP contribution in [-0.4, -0.2) is 59.8 Å². The van der Waals surface area contributed by atoms with Gasteiger partial charge in [-0.15, -0.1) is 0 Å². The van der Waals surface area contributed by atoms with Crippen LogP contribution in [0.5, 0.6) is 0 Å². The van der Waals surface area contributed by atoms with Gasteiger partial charge in [0.2, 0.25) is 11.7 Å². The van der Waals surface area contributed by atoms with E-state index in [2.05, 4.69) is 20.1 Å². The Hall–Kier alpha value is -3.59. The number of aromatic nitrogens is 5. The zero-order valence-electron chi connectivity index (χ0n) is 16.6. The number of pyridine rings is 2. The molecule has 1 fully saturated rings. The Labute approximate surface area is 172 Å². The molecule has 1 unspecified atom stereocenters. The summed E-state index contributed by atoms with van der Waals surface area (Å²) in [5, 5.41) is 14.6. The van der Waals surface area contributed by atoms with Crippen LogP contribution >= 0.6 is 0 Å². The van der Waals surface area contributed by atoms with Gasteiger partial charge in [-0.25, -0.2) is 0 Å². The summed E-state index contributed by atoms with van der Waals surface area (Å²) >= 11 is 0. The summed E-state index contributed by atoms with van der Waals surface area (Å²) in [7, 11) is 1.85. The van der Waals surface area contributed by atoms with Crippen LogP contribution in [0.1, 0.15) is 22.8 Å². The molecule has 0 saturated carbocycles. The van der Waals surface area contributed by atoms with E-state index in [0.29, 0.717) is 48.3 Å². The van der Waals surface area contributed by atoms with Crippen molar-refractivity contribution in [1.82, 2.24) is 29.6 Å². The van der Waals surface area contributed by atoms with E-state index in [-0.39, 0.29) is 5.91 Å². The lowest BCUT2D eigenvalue weighted by molar-refractivity contribution is 0.0756. The Kier molecular flexibility index (Phi) is 4.32. The second-order valence-corrected chi connectivity index (χ2v) is 7.48. The number of fused-ring (bicyclic) bond motifs is 1. The summed E-state index contributed by atoms with van der Waals surface area (Å²) in [5.74, 6) is 0.909. The van der Waals surface area contributed by atoms with Crippen molar-refractivity contribution < 1.29 is 14.4 Å². The number of aryl methyl sites for hydroxylation is 2. The number of carbonyl (C=O) groups is 1. The lowest BCUT2D eigenvalue weighted by atomic mass is 10.1. The molecular weight excluding hydrogens is 384 g/mol. The molecule has 30 heavy (non-hydrogen) atoms. The summed E-state index contributed by atoms with van der Waals surface area (Å²) in [6, 6.07) is 7.45. The van der Waals surface area contributed by atoms with Crippen molar-refractivity contribution in [3.05, 3.63) is 48.2 Å². The molecule has 152 valence electrons. The van der Waals surface area contributed by atoms with Crippen LogP contribution in [-0.2, 0) is 7.05 Å². The molecule has 0 radical (unpaired) electrons. The highest BCUT2D eigenvalue weighted by Gasteiger charge is 2.27. The van der Waals surface area contributed by atoms with Gasteiger partial charge in [-0.2, -0.15) is 4.98 Å². The van der Waals surface area contributed by atoms with E-state index in [1.165, 1.54) is 0 Å². The topological polar surface area (TPSA) is 110 Å². The number of rotatable bonds is 3. The van der Waals surface area contributed by atoms with Crippen LogP contribution in [0.2, 0.25) is 0 Å². The maximum absolute atomic E-state index is 12.9. The third-order valence-electron chi connectivity index (χ3n) is 5.41. The van der Waals surface area contributed by atoms with Crippen LogP contribution in [0.4, 0.5) is 0 Å². The second-order valence-electron chi connectivity index (χ2n) is 7.48. The number of carbonyl (C=O) groups excluding carboxylic acids is 1. The average Bonchev–Trinajstić information content (AvgIpc) is 3.46. The van der Waals surface area contributed by atoms with Gasteiger partial charge in [-0.3, -0.25) is 14.8 Å². The first-order chi connectivity index (χ1) is 14.5. The van der Waals surface area contributed by atoms with Crippen molar-refractivity contribution in [3.8, 4) is 22.8 Å². The highest BCUT2D eigenvalue weighted by Crippen LogP contribution is 2.26. The van der Waals surface area contributed by atoms with Gasteiger partial charge in [0.25, 0.3) is 5.91 Å². The third-order valence-corrected chi connectivity index (χ3v) is 5.41. The number of hydrogen-bond acceptors (Lipinski definition) is 7. The fourth-order valence-electron chi connectivity index (χ4n) is 3.79. The zero-order valence-corrected chi connectivity index (χ0v) is 16.6. The molecule has 4 aromatic rings. The van der Waals surface area contributed by atoms with Gasteiger partial charge in [0.15, 0.2) is 0 Å². The van der Waals surface area contributed by atoms with Crippen LogP contribution in [0, 0.1) is 6.92 Å². The SMILES string of the molecule is Cc1nc(-c2ccnc(-c3cc4cc(C(=O)N5CCC(O)C5)n(C)c4cn3)c2)no1. The Morgan fingerprint density at radius 3 is 2.80 bits per heavy atom. The molecule has 0 aromatic carbocycles. The number of β-amino-alcohol motifs (C(OH)–C–C–N with tert-alkyl or cyclic N) is 1. The largest absolute Gasteiger partial charge is 0.391 e. The first kappa shape index (κ1) is 18.4. The number of aliphatic hydroxyl groups excluding tert-OH is 1. The quantitative estimate of drug-likeness (QED) is 0.557. The molecule has 0 bridgehead atoms. The molecular formula is C21H20N6O3. The second kappa shape index (κ2) is 7.03. The van der Waals surface area contributed by atoms with E-state index in [9.17, 15) is 9.90 Å². The molecule has 1 N–H and O–H groups in total. The predicted molar refractivity (Wildman–Crippen MR) is 109 cm³/mol. The molecule has 9 heteroatoms. The first-order valence-corrected chi connectivity index (χ1v) is 9.69. The molecule has 1 atom stereocenters. The van der Waals surface area contributed by atoms with Crippen molar-refractivity contribution >= 4 is 16.8 Å². The number of likely N-dealkylation sites (tertiary alicyclic amines) is 1. The van der Waals surface area contributed by atoms with E-state index in [1.807, 2.05) is 35.9 Å². The smallest absolute Gasteiger partial charge is 0.270 e. The molecule has 0 aliphatic carbocycles. The summed E-state index contributed by atoms with van der Waals surface area (Å²) < 4.78 is 6.90. The van der Waals surface area contributed by atoms with Crippen LogP contribution in [0.15, 0.2) is 41.2 Å². The average molecular weight is 404 g/mol. The molecule has 5 rings (SSSR count). The van der Waals surface area contributed by atoms with Crippen molar-refractivity contribution in [2.45, 2.75) is 19.4 Å². The Morgan fingerprint density at radius 1 is 1.23 bits per heavy atom.